The summed E-state index contributed by atoms with van der Waals surface area (Å²) in [5.74, 6) is 0.127. The van der Waals surface area contributed by atoms with E-state index in [2.05, 4.69) is 20.3 Å². The van der Waals surface area contributed by atoms with Gasteiger partial charge in [0.15, 0.2) is 5.82 Å². The number of H-pyrrole nitrogens is 1. The molecule has 4 rings (SSSR count). The highest BCUT2D eigenvalue weighted by Gasteiger charge is 2.32. The summed E-state index contributed by atoms with van der Waals surface area (Å²) in [5.41, 5.74) is 1.38. The number of aromatic nitrogens is 3. The maximum atomic E-state index is 12.9. The van der Waals surface area contributed by atoms with Gasteiger partial charge in [-0.2, -0.15) is 13.2 Å². The second kappa shape index (κ2) is 8.96. The van der Waals surface area contributed by atoms with Crippen molar-refractivity contribution in [1.29, 1.82) is 0 Å². The molecule has 2 N–H and O–H groups in total. The first-order chi connectivity index (χ1) is 15.3. The number of carbonyl (C=O) groups excluding carboxylic acids is 1. The SMILES string of the molecule is CCOC1C=C(c2ncc(C(=O)NCc3ccc4[nH]c(C(F)(F)F)cc4c3)cn2)C=CC1. The molecule has 0 saturated heterocycles. The fraction of sp³-hybridized carbons (Fsp3) is 0.261. The predicted octanol–water partition coefficient (Wildman–Crippen LogP) is 4.66. The van der Waals surface area contributed by atoms with Gasteiger partial charge in [-0.1, -0.05) is 18.2 Å². The lowest BCUT2D eigenvalue weighted by Gasteiger charge is -2.16. The highest BCUT2D eigenvalue weighted by atomic mass is 19.4. The van der Waals surface area contributed by atoms with Crippen LogP contribution in [0.2, 0.25) is 0 Å². The Kier molecular flexibility index (Phi) is 6.09. The van der Waals surface area contributed by atoms with Crippen molar-refractivity contribution in [3.05, 3.63) is 77.5 Å². The molecule has 0 bridgehead atoms. The first kappa shape index (κ1) is 21.8. The lowest BCUT2D eigenvalue weighted by Crippen LogP contribution is -2.23. The number of fused-ring (bicyclic) bond motifs is 1. The minimum absolute atomic E-state index is 0.0175. The van der Waals surface area contributed by atoms with Crippen LogP contribution in [0.15, 0.2) is 54.9 Å². The molecule has 0 fully saturated rings. The number of nitrogens with zero attached hydrogens (tertiary/aromatic N) is 2. The summed E-state index contributed by atoms with van der Waals surface area (Å²) in [4.78, 5) is 23.4. The third kappa shape index (κ3) is 4.88. The first-order valence-electron chi connectivity index (χ1n) is 10.1. The van der Waals surface area contributed by atoms with Crippen LogP contribution in [-0.2, 0) is 17.5 Å². The van der Waals surface area contributed by atoms with Crippen LogP contribution < -0.4 is 5.32 Å². The Morgan fingerprint density at radius 1 is 1.25 bits per heavy atom. The fourth-order valence-electron chi connectivity index (χ4n) is 3.46. The normalized spacial score (nSPS) is 16.2. The third-order valence-corrected chi connectivity index (χ3v) is 5.03. The predicted molar refractivity (Wildman–Crippen MR) is 114 cm³/mol. The molecule has 3 aromatic rings. The molecular weight excluding hydrogens is 421 g/mol. The molecule has 0 spiro atoms. The zero-order chi connectivity index (χ0) is 22.7. The Bertz CT molecular complexity index is 1180. The molecule has 9 heteroatoms. The molecule has 0 aliphatic heterocycles. The topological polar surface area (TPSA) is 79.9 Å². The van der Waals surface area contributed by atoms with Gasteiger partial charge >= 0.3 is 6.18 Å². The van der Waals surface area contributed by atoms with Crippen molar-refractivity contribution in [3.8, 4) is 0 Å². The van der Waals surface area contributed by atoms with E-state index in [4.69, 9.17) is 4.74 Å². The zero-order valence-electron chi connectivity index (χ0n) is 17.2. The lowest BCUT2D eigenvalue weighted by molar-refractivity contribution is -0.140. The number of nitrogens with one attached hydrogen (secondary N) is 2. The average molecular weight is 442 g/mol. The van der Waals surface area contributed by atoms with Crippen molar-refractivity contribution in [3.63, 3.8) is 0 Å². The molecular formula is C23H21F3N4O2. The van der Waals surface area contributed by atoms with E-state index in [0.717, 1.165) is 18.1 Å². The Labute approximate surface area is 182 Å². The molecule has 6 nitrogen and oxygen atoms in total. The van der Waals surface area contributed by atoms with E-state index in [-0.39, 0.29) is 24.1 Å². The van der Waals surface area contributed by atoms with Gasteiger partial charge in [0.25, 0.3) is 5.91 Å². The number of carbonyl (C=O) groups is 1. The quantitative estimate of drug-likeness (QED) is 0.582. The molecule has 1 aliphatic rings. The van der Waals surface area contributed by atoms with Crippen LogP contribution in [0.25, 0.3) is 16.5 Å². The highest BCUT2D eigenvalue weighted by Crippen LogP contribution is 2.31. The van der Waals surface area contributed by atoms with E-state index in [9.17, 15) is 18.0 Å². The fourth-order valence-corrected chi connectivity index (χ4v) is 3.46. The Morgan fingerprint density at radius 3 is 2.75 bits per heavy atom. The number of ether oxygens (including phenoxy) is 1. The van der Waals surface area contributed by atoms with Gasteiger partial charge in [0, 0.05) is 42.0 Å². The van der Waals surface area contributed by atoms with Gasteiger partial charge in [0.05, 0.1) is 11.7 Å². The molecule has 166 valence electrons. The molecule has 1 unspecified atom stereocenters. The standard InChI is InChI=1S/C23H21F3N4O2/c1-2-32-18-5-3-4-15(9-18)21-27-12-17(13-28-21)22(31)29-11-14-6-7-19-16(8-14)10-20(30-19)23(24,25)26/h3-4,6-10,12-13,18,30H,2,5,11H2,1H3,(H,29,31). The van der Waals surface area contributed by atoms with Crippen LogP contribution in [0.1, 0.15) is 40.8 Å². The Morgan fingerprint density at radius 2 is 2.03 bits per heavy atom. The maximum absolute atomic E-state index is 12.9. The molecule has 1 atom stereocenters. The largest absolute Gasteiger partial charge is 0.431 e. The van der Waals surface area contributed by atoms with Gasteiger partial charge in [0.1, 0.15) is 5.69 Å². The van der Waals surface area contributed by atoms with Crippen molar-refractivity contribution >= 4 is 22.4 Å². The van der Waals surface area contributed by atoms with Crippen molar-refractivity contribution in [2.75, 3.05) is 6.61 Å². The average Bonchev–Trinajstić information content (AvgIpc) is 3.22. The van der Waals surface area contributed by atoms with E-state index in [1.165, 1.54) is 12.4 Å². The van der Waals surface area contributed by atoms with Crippen molar-refractivity contribution in [1.82, 2.24) is 20.3 Å². The molecule has 1 amide bonds. The van der Waals surface area contributed by atoms with Crippen molar-refractivity contribution in [2.24, 2.45) is 0 Å². The van der Waals surface area contributed by atoms with Gasteiger partial charge in [-0.15, -0.1) is 0 Å². The summed E-state index contributed by atoms with van der Waals surface area (Å²) in [5, 5.41) is 3.17. The minimum Gasteiger partial charge on any atom is -0.374 e. The zero-order valence-corrected chi connectivity index (χ0v) is 17.2. The summed E-state index contributed by atoms with van der Waals surface area (Å²) >= 11 is 0. The van der Waals surface area contributed by atoms with Gasteiger partial charge in [0.2, 0.25) is 0 Å². The molecule has 32 heavy (non-hydrogen) atoms. The summed E-state index contributed by atoms with van der Waals surface area (Å²) in [6, 6.07) is 5.88. The van der Waals surface area contributed by atoms with Gasteiger partial charge in [-0.05, 0) is 43.2 Å². The minimum atomic E-state index is -4.44. The van der Waals surface area contributed by atoms with Crippen LogP contribution >= 0.6 is 0 Å². The summed E-state index contributed by atoms with van der Waals surface area (Å²) < 4.78 is 44.2. The maximum Gasteiger partial charge on any atom is 0.431 e. The second-order valence-corrected chi connectivity index (χ2v) is 7.33. The number of rotatable bonds is 6. The van der Waals surface area contributed by atoms with E-state index in [0.29, 0.717) is 28.9 Å². The monoisotopic (exact) mass is 442 g/mol. The number of alkyl halides is 3. The number of aromatic amines is 1. The van der Waals surface area contributed by atoms with Crippen LogP contribution in [0.4, 0.5) is 13.2 Å². The molecule has 1 aliphatic carbocycles. The molecule has 2 aromatic heterocycles. The Balaban J connectivity index is 1.40. The van der Waals surface area contributed by atoms with Crippen LogP contribution in [-0.4, -0.2) is 33.6 Å². The van der Waals surface area contributed by atoms with Crippen molar-refractivity contribution in [2.45, 2.75) is 32.2 Å². The van der Waals surface area contributed by atoms with E-state index in [1.54, 1.807) is 18.2 Å². The number of benzene rings is 1. The number of hydrogen-bond donors (Lipinski definition) is 2. The Hall–Kier alpha value is -3.46. The number of hydrogen-bond acceptors (Lipinski definition) is 4. The van der Waals surface area contributed by atoms with Gasteiger partial charge in [-0.25, -0.2) is 9.97 Å². The van der Waals surface area contributed by atoms with Gasteiger partial charge in [-0.3, -0.25) is 4.79 Å². The molecule has 0 saturated carbocycles. The van der Waals surface area contributed by atoms with E-state index < -0.39 is 11.9 Å². The number of amides is 1. The first-order valence-corrected chi connectivity index (χ1v) is 10.1. The van der Waals surface area contributed by atoms with Crippen LogP contribution in [0.3, 0.4) is 0 Å². The highest BCUT2D eigenvalue weighted by molar-refractivity contribution is 5.93. The van der Waals surface area contributed by atoms with Crippen molar-refractivity contribution < 1.29 is 22.7 Å². The smallest absolute Gasteiger partial charge is 0.374 e. The van der Waals surface area contributed by atoms with Crippen LogP contribution in [0, 0.1) is 0 Å². The summed E-state index contributed by atoms with van der Waals surface area (Å²) in [6.07, 6.45) is 5.11. The third-order valence-electron chi connectivity index (χ3n) is 5.03. The summed E-state index contributed by atoms with van der Waals surface area (Å²) in [7, 11) is 0. The van der Waals surface area contributed by atoms with Gasteiger partial charge < -0.3 is 15.0 Å². The lowest BCUT2D eigenvalue weighted by atomic mass is 10.0. The van der Waals surface area contributed by atoms with Crippen LogP contribution in [0.5, 0.6) is 0 Å². The molecule has 0 radical (unpaired) electrons. The second-order valence-electron chi connectivity index (χ2n) is 7.33. The molecule has 2 heterocycles. The summed E-state index contributed by atoms with van der Waals surface area (Å²) in [6.45, 7) is 2.71. The van der Waals surface area contributed by atoms with E-state index >= 15 is 0 Å². The number of halogens is 3. The van der Waals surface area contributed by atoms with E-state index in [1.807, 2.05) is 25.2 Å². The molecule has 1 aromatic carbocycles. The number of allylic oxidation sites excluding steroid dienone is 2.